The lowest BCUT2D eigenvalue weighted by Gasteiger charge is -2.35. The van der Waals surface area contributed by atoms with E-state index in [0.29, 0.717) is 6.04 Å². The second-order valence-electron chi connectivity index (χ2n) is 6.37. The molecule has 0 aliphatic carbocycles. The summed E-state index contributed by atoms with van der Waals surface area (Å²) in [4.78, 5) is 10.7. The van der Waals surface area contributed by atoms with Gasteiger partial charge in [0, 0.05) is 30.7 Å². The Bertz CT molecular complexity index is 732. The summed E-state index contributed by atoms with van der Waals surface area (Å²) in [6.45, 7) is 3.07. The summed E-state index contributed by atoms with van der Waals surface area (Å²) >= 11 is 0. The van der Waals surface area contributed by atoms with E-state index >= 15 is 0 Å². The first kappa shape index (κ1) is 15.1. The van der Waals surface area contributed by atoms with Crippen molar-refractivity contribution in [2.45, 2.75) is 38.4 Å². The van der Waals surface area contributed by atoms with Gasteiger partial charge in [0.15, 0.2) is 0 Å². The minimum absolute atomic E-state index is 0.536. The molecule has 1 fully saturated rings. The van der Waals surface area contributed by atoms with Crippen LogP contribution in [0.3, 0.4) is 0 Å². The van der Waals surface area contributed by atoms with Crippen LogP contribution in [-0.4, -0.2) is 41.8 Å². The molecule has 124 valence electrons. The fraction of sp³-hybridized carbons (Fsp3) is 0.389. The highest BCUT2D eigenvalue weighted by atomic mass is 15.3. The van der Waals surface area contributed by atoms with Crippen LogP contribution in [-0.2, 0) is 13.1 Å². The summed E-state index contributed by atoms with van der Waals surface area (Å²) in [5.41, 5.74) is 2.50. The van der Waals surface area contributed by atoms with Crippen LogP contribution in [0, 0.1) is 0 Å². The van der Waals surface area contributed by atoms with E-state index in [-0.39, 0.29) is 0 Å². The van der Waals surface area contributed by atoms with Crippen molar-refractivity contribution in [3.63, 3.8) is 0 Å². The van der Waals surface area contributed by atoms with E-state index < -0.39 is 0 Å². The largest absolute Gasteiger partial charge is 0.306 e. The van der Waals surface area contributed by atoms with Gasteiger partial charge in [-0.15, -0.1) is 0 Å². The van der Waals surface area contributed by atoms with Crippen LogP contribution < -0.4 is 0 Å². The van der Waals surface area contributed by atoms with Gasteiger partial charge in [0.05, 0.1) is 12.9 Å². The Kier molecular flexibility index (Phi) is 4.38. The van der Waals surface area contributed by atoms with Crippen LogP contribution >= 0.6 is 0 Å². The van der Waals surface area contributed by atoms with Crippen molar-refractivity contribution in [3.05, 3.63) is 61.2 Å². The number of hydrogen-bond acceptors (Lipinski definition) is 4. The monoisotopic (exact) mass is 322 g/mol. The molecule has 6 nitrogen and oxygen atoms in total. The van der Waals surface area contributed by atoms with Gasteiger partial charge in [-0.25, -0.2) is 9.97 Å². The highest BCUT2D eigenvalue weighted by molar-refractivity contribution is 5.34. The molecule has 0 saturated carbocycles. The predicted molar refractivity (Wildman–Crippen MR) is 91.6 cm³/mol. The Morgan fingerprint density at radius 3 is 2.71 bits per heavy atom. The zero-order chi connectivity index (χ0) is 16.2. The molecule has 1 aliphatic heterocycles. The van der Waals surface area contributed by atoms with E-state index in [2.05, 4.69) is 44.2 Å². The van der Waals surface area contributed by atoms with Gasteiger partial charge in [-0.05, 0) is 37.1 Å². The van der Waals surface area contributed by atoms with Crippen LogP contribution in [0.15, 0.2) is 55.6 Å². The number of piperidine rings is 1. The predicted octanol–water partition coefficient (Wildman–Crippen LogP) is 2.52. The maximum absolute atomic E-state index is 4.26. The van der Waals surface area contributed by atoms with Crippen LogP contribution in [0.1, 0.15) is 24.8 Å². The van der Waals surface area contributed by atoms with Crippen molar-refractivity contribution < 1.29 is 0 Å². The lowest BCUT2D eigenvalue weighted by molar-refractivity contribution is 0.122. The van der Waals surface area contributed by atoms with Crippen molar-refractivity contribution in [2.24, 2.45) is 0 Å². The molecule has 0 spiro atoms. The summed E-state index contributed by atoms with van der Waals surface area (Å²) in [6, 6.07) is 9.29. The molecule has 1 aliphatic rings. The van der Waals surface area contributed by atoms with Crippen molar-refractivity contribution in [3.8, 4) is 5.69 Å². The van der Waals surface area contributed by atoms with Crippen molar-refractivity contribution in [1.29, 1.82) is 0 Å². The zero-order valence-electron chi connectivity index (χ0n) is 13.7. The summed E-state index contributed by atoms with van der Waals surface area (Å²) < 4.78 is 3.98. The van der Waals surface area contributed by atoms with E-state index in [0.717, 1.165) is 25.3 Å². The lowest BCUT2D eigenvalue weighted by atomic mass is 10.0. The number of nitrogens with zero attached hydrogens (tertiary/aromatic N) is 6. The Hall–Kier alpha value is -2.47. The third kappa shape index (κ3) is 3.38. The van der Waals surface area contributed by atoms with Gasteiger partial charge in [-0.2, -0.15) is 5.10 Å². The Labute approximate surface area is 141 Å². The number of aromatic nitrogens is 5. The molecular weight excluding hydrogens is 300 g/mol. The van der Waals surface area contributed by atoms with E-state index in [1.165, 1.54) is 24.8 Å². The summed E-state index contributed by atoms with van der Waals surface area (Å²) in [6.07, 6.45) is 12.8. The normalized spacial score (nSPS) is 18.8. The molecular formula is C18H22N6. The fourth-order valence-corrected chi connectivity index (χ4v) is 3.44. The molecule has 0 N–H and O–H groups in total. The van der Waals surface area contributed by atoms with Gasteiger partial charge >= 0.3 is 0 Å². The van der Waals surface area contributed by atoms with Crippen molar-refractivity contribution in [1.82, 2.24) is 29.2 Å². The second kappa shape index (κ2) is 6.97. The number of hydrogen-bond donors (Lipinski definition) is 0. The molecule has 24 heavy (non-hydrogen) atoms. The molecule has 3 aromatic rings. The first-order chi connectivity index (χ1) is 11.9. The van der Waals surface area contributed by atoms with E-state index in [4.69, 9.17) is 0 Å². The molecule has 6 heteroatoms. The minimum atomic E-state index is 0.536. The summed E-state index contributed by atoms with van der Waals surface area (Å²) in [7, 11) is 0. The SMILES string of the molecule is c1cn(-c2ccc(CN3CCCCC3Cn3cncn3)cc2)cn1. The van der Waals surface area contributed by atoms with E-state index in [1.54, 1.807) is 12.5 Å². The average molecular weight is 322 g/mol. The Morgan fingerprint density at radius 1 is 1.04 bits per heavy atom. The van der Waals surface area contributed by atoms with Gasteiger partial charge < -0.3 is 4.57 Å². The smallest absolute Gasteiger partial charge is 0.137 e. The van der Waals surface area contributed by atoms with Crippen LogP contribution in [0.5, 0.6) is 0 Å². The van der Waals surface area contributed by atoms with Crippen LogP contribution in [0.25, 0.3) is 5.69 Å². The molecule has 1 atom stereocenters. The number of benzene rings is 1. The highest BCUT2D eigenvalue weighted by Crippen LogP contribution is 2.21. The maximum Gasteiger partial charge on any atom is 0.137 e. The van der Waals surface area contributed by atoms with Crippen LogP contribution in [0.4, 0.5) is 0 Å². The van der Waals surface area contributed by atoms with Gasteiger partial charge in [-0.3, -0.25) is 9.58 Å². The van der Waals surface area contributed by atoms with E-state index in [9.17, 15) is 0 Å². The number of rotatable bonds is 5. The topological polar surface area (TPSA) is 51.8 Å². The van der Waals surface area contributed by atoms with E-state index in [1.807, 2.05) is 28.1 Å². The quantitative estimate of drug-likeness (QED) is 0.724. The molecule has 0 bridgehead atoms. The maximum atomic E-state index is 4.26. The molecule has 1 saturated heterocycles. The first-order valence-corrected chi connectivity index (χ1v) is 8.52. The highest BCUT2D eigenvalue weighted by Gasteiger charge is 2.23. The van der Waals surface area contributed by atoms with Gasteiger partial charge in [0.1, 0.15) is 12.7 Å². The summed E-state index contributed by atoms with van der Waals surface area (Å²) in [5, 5.41) is 4.26. The molecule has 0 amide bonds. The first-order valence-electron chi connectivity index (χ1n) is 8.52. The standard InChI is InChI=1S/C18H22N6/c1-2-9-22(18(3-1)12-24-15-20-13-21-24)11-16-4-6-17(7-5-16)23-10-8-19-14-23/h4-8,10,13-15,18H,1-3,9,11-12H2. The Morgan fingerprint density at radius 2 is 1.96 bits per heavy atom. The van der Waals surface area contributed by atoms with Crippen molar-refractivity contribution >= 4 is 0 Å². The molecule has 1 aromatic carbocycles. The van der Waals surface area contributed by atoms with Crippen molar-refractivity contribution in [2.75, 3.05) is 6.54 Å². The summed E-state index contributed by atoms with van der Waals surface area (Å²) in [5.74, 6) is 0. The molecule has 1 unspecified atom stereocenters. The van der Waals surface area contributed by atoms with Gasteiger partial charge in [0.25, 0.3) is 0 Å². The average Bonchev–Trinajstić information content (AvgIpc) is 3.31. The van der Waals surface area contributed by atoms with Gasteiger partial charge in [-0.1, -0.05) is 18.6 Å². The van der Waals surface area contributed by atoms with Crippen LogP contribution in [0.2, 0.25) is 0 Å². The third-order valence-corrected chi connectivity index (χ3v) is 4.74. The second-order valence-corrected chi connectivity index (χ2v) is 6.37. The molecule has 2 aromatic heterocycles. The zero-order valence-corrected chi connectivity index (χ0v) is 13.7. The lowest BCUT2D eigenvalue weighted by Crippen LogP contribution is -2.41. The Balaban J connectivity index is 1.44. The third-order valence-electron chi connectivity index (χ3n) is 4.74. The molecule has 3 heterocycles. The molecule has 0 radical (unpaired) electrons. The molecule has 4 rings (SSSR count). The number of imidazole rings is 1. The fourth-order valence-electron chi connectivity index (χ4n) is 3.44. The minimum Gasteiger partial charge on any atom is -0.306 e. The number of likely N-dealkylation sites (tertiary alicyclic amines) is 1. The van der Waals surface area contributed by atoms with Gasteiger partial charge in [0.2, 0.25) is 0 Å².